The molecule has 8 nitrogen and oxygen atoms in total. The molecule has 1 aliphatic heterocycles. The highest BCUT2D eigenvalue weighted by Gasteiger charge is 2.22. The number of hydrogen-bond donors (Lipinski definition) is 0. The summed E-state index contributed by atoms with van der Waals surface area (Å²) in [6.07, 6.45) is 6.11. The number of pyridine rings is 1. The van der Waals surface area contributed by atoms with Crippen LogP contribution in [0, 0.1) is 13.8 Å². The summed E-state index contributed by atoms with van der Waals surface area (Å²) in [5.41, 5.74) is 6.43. The van der Waals surface area contributed by atoms with Crippen LogP contribution in [0.1, 0.15) is 22.5 Å². The fraction of sp³-hybridized carbons (Fsp3) is 0.286. The van der Waals surface area contributed by atoms with Crippen molar-refractivity contribution in [3.8, 4) is 11.1 Å². The van der Waals surface area contributed by atoms with Gasteiger partial charge in [-0.05, 0) is 37.1 Å². The van der Waals surface area contributed by atoms with Gasteiger partial charge in [-0.15, -0.1) is 5.10 Å². The van der Waals surface area contributed by atoms with Crippen molar-refractivity contribution in [3.63, 3.8) is 0 Å². The molecule has 0 spiro atoms. The van der Waals surface area contributed by atoms with Crippen molar-refractivity contribution in [2.45, 2.75) is 26.8 Å². The molecule has 0 amide bonds. The quantitative estimate of drug-likeness (QED) is 0.495. The first kappa shape index (κ1) is 18.7. The largest absolute Gasteiger partial charge is 0.350 e. The number of aryl methyl sites for hydroxylation is 3. The average molecular weight is 422 g/mol. The Bertz CT molecular complexity index is 1360. The molecule has 0 aromatic carbocycles. The van der Waals surface area contributed by atoms with Gasteiger partial charge in [0.1, 0.15) is 5.02 Å². The average Bonchev–Trinajstić information content (AvgIpc) is 3.08. The maximum Gasteiger partial charge on any atom is 0.293 e. The molecule has 30 heavy (non-hydrogen) atoms. The van der Waals surface area contributed by atoms with E-state index < -0.39 is 0 Å². The van der Waals surface area contributed by atoms with Crippen LogP contribution in [0.5, 0.6) is 0 Å². The van der Waals surface area contributed by atoms with E-state index in [0.717, 1.165) is 52.4 Å². The summed E-state index contributed by atoms with van der Waals surface area (Å²) in [5, 5.41) is 9.07. The van der Waals surface area contributed by atoms with Crippen molar-refractivity contribution in [1.29, 1.82) is 0 Å². The summed E-state index contributed by atoms with van der Waals surface area (Å²) >= 11 is 5.96. The number of fused-ring (bicyclic) bond motifs is 2. The van der Waals surface area contributed by atoms with Crippen molar-refractivity contribution in [1.82, 2.24) is 29.4 Å². The van der Waals surface area contributed by atoms with Crippen LogP contribution in [-0.2, 0) is 20.0 Å². The molecule has 0 saturated carbocycles. The number of halogens is 1. The summed E-state index contributed by atoms with van der Waals surface area (Å²) in [4.78, 5) is 23.5. The number of aromatic nitrogens is 6. The van der Waals surface area contributed by atoms with E-state index in [9.17, 15) is 4.79 Å². The van der Waals surface area contributed by atoms with Crippen LogP contribution in [0.3, 0.4) is 0 Å². The molecule has 0 atom stereocenters. The molecule has 4 aromatic heterocycles. The first-order valence-corrected chi connectivity index (χ1v) is 10.1. The predicted molar refractivity (Wildman–Crippen MR) is 115 cm³/mol. The van der Waals surface area contributed by atoms with E-state index in [4.69, 9.17) is 16.6 Å². The second-order valence-corrected chi connectivity index (χ2v) is 8.04. The Kier molecular flexibility index (Phi) is 4.32. The zero-order valence-electron chi connectivity index (χ0n) is 16.9. The summed E-state index contributed by atoms with van der Waals surface area (Å²) in [5.74, 6) is 0.752. The highest BCUT2D eigenvalue weighted by molar-refractivity contribution is 6.30. The van der Waals surface area contributed by atoms with Crippen molar-refractivity contribution in [3.05, 3.63) is 68.6 Å². The van der Waals surface area contributed by atoms with Crippen molar-refractivity contribution in [2.24, 2.45) is 7.05 Å². The van der Waals surface area contributed by atoms with Gasteiger partial charge in [0.05, 0.1) is 11.9 Å². The number of nitrogens with zero attached hydrogens (tertiary/aromatic N) is 7. The zero-order chi connectivity index (χ0) is 21.0. The molecule has 0 aliphatic carbocycles. The second kappa shape index (κ2) is 6.91. The molecular weight excluding hydrogens is 402 g/mol. The van der Waals surface area contributed by atoms with Crippen LogP contribution in [0.25, 0.3) is 16.8 Å². The molecule has 4 aromatic rings. The van der Waals surface area contributed by atoms with Crippen LogP contribution in [-0.4, -0.2) is 35.9 Å². The summed E-state index contributed by atoms with van der Waals surface area (Å²) in [6, 6.07) is 4.04. The van der Waals surface area contributed by atoms with E-state index in [1.807, 2.05) is 44.0 Å². The number of hydrogen-bond acceptors (Lipinski definition) is 6. The molecule has 1 aliphatic rings. The molecule has 9 heteroatoms. The lowest BCUT2D eigenvalue weighted by molar-refractivity contribution is 0.685. The lowest BCUT2D eigenvalue weighted by Crippen LogP contribution is -2.33. The molecule has 0 saturated heterocycles. The maximum atomic E-state index is 12.4. The van der Waals surface area contributed by atoms with Gasteiger partial charge < -0.3 is 4.90 Å². The molecule has 5 rings (SSSR count). The van der Waals surface area contributed by atoms with Crippen molar-refractivity contribution < 1.29 is 0 Å². The van der Waals surface area contributed by atoms with Gasteiger partial charge in [0.25, 0.3) is 5.56 Å². The molecule has 0 unspecified atom stereocenters. The third-order valence-electron chi connectivity index (χ3n) is 5.48. The second-order valence-electron chi connectivity index (χ2n) is 7.64. The minimum atomic E-state index is -0.365. The molecule has 5 heterocycles. The summed E-state index contributed by atoms with van der Waals surface area (Å²) in [7, 11) is 1.92. The highest BCUT2D eigenvalue weighted by Crippen LogP contribution is 2.29. The van der Waals surface area contributed by atoms with Gasteiger partial charge in [-0.1, -0.05) is 11.6 Å². The normalized spacial score (nSPS) is 13.7. The fourth-order valence-electron chi connectivity index (χ4n) is 4.01. The first-order chi connectivity index (χ1) is 14.4. The van der Waals surface area contributed by atoms with Crippen LogP contribution in [0.2, 0.25) is 5.02 Å². The van der Waals surface area contributed by atoms with Gasteiger partial charge in [0, 0.05) is 55.8 Å². The van der Waals surface area contributed by atoms with Gasteiger partial charge in [0.15, 0.2) is 11.5 Å². The van der Waals surface area contributed by atoms with Gasteiger partial charge in [-0.3, -0.25) is 14.5 Å². The van der Waals surface area contributed by atoms with E-state index in [1.165, 1.54) is 10.7 Å². The SMILES string of the molecule is Cc1cc2ncc(Cl)c(=O)n2nc1N1CCc2ncc(-c3cn(C)nc3C)cc2C1. The minimum absolute atomic E-state index is 0.0551. The first-order valence-electron chi connectivity index (χ1n) is 9.69. The molecule has 0 radical (unpaired) electrons. The molecule has 152 valence electrons. The standard InChI is InChI=1S/C21H20ClN7O/c1-12-6-19-24-9-17(22)21(30)29(19)26-20(12)28-5-4-18-15(10-28)7-14(8-23-18)16-11-27(3)25-13(16)2/h6-9,11H,4-5,10H2,1-3H3. The fourth-order valence-corrected chi connectivity index (χ4v) is 4.14. The monoisotopic (exact) mass is 421 g/mol. The Labute approximate surface area is 177 Å². The Morgan fingerprint density at radius 3 is 2.70 bits per heavy atom. The van der Waals surface area contributed by atoms with E-state index >= 15 is 0 Å². The van der Waals surface area contributed by atoms with Crippen LogP contribution >= 0.6 is 11.6 Å². The number of anilines is 1. The van der Waals surface area contributed by atoms with Crippen LogP contribution in [0.4, 0.5) is 5.82 Å². The van der Waals surface area contributed by atoms with E-state index in [2.05, 4.69) is 26.1 Å². The Morgan fingerprint density at radius 1 is 1.10 bits per heavy atom. The van der Waals surface area contributed by atoms with Gasteiger partial charge >= 0.3 is 0 Å². The van der Waals surface area contributed by atoms with Crippen molar-refractivity contribution in [2.75, 3.05) is 11.4 Å². The molecule has 0 bridgehead atoms. The Morgan fingerprint density at radius 2 is 1.93 bits per heavy atom. The Hall–Kier alpha value is -3.26. The maximum absolute atomic E-state index is 12.4. The van der Waals surface area contributed by atoms with Crippen molar-refractivity contribution >= 4 is 23.1 Å². The molecular formula is C21H20ClN7O. The third-order valence-corrected chi connectivity index (χ3v) is 5.74. The smallest absolute Gasteiger partial charge is 0.293 e. The van der Waals surface area contributed by atoms with Gasteiger partial charge in [0.2, 0.25) is 0 Å². The summed E-state index contributed by atoms with van der Waals surface area (Å²) < 4.78 is 3.09. The molecule has 0 fully saturated rings. The molecule has 0 N–H and O–H groups in total. The predicted octanol–water partition coefficient (Wildman–Crippen LogP) is 2.72. The lowest BCUT2D eigenvalue weighted by atomic mass is 10.0. The van der Waals surface area contributed by atoms with Crippen LogP contribution < -0.4 is 10.5 Å². The lowest BCUT2D eigenvalue weighted by Gasteiger charge is -2.30. The summed E-state index contributed by atoms with van der Waals surface area (Å²) in [6.45, 7) is 5.41. The highest BCUT2D eigenvalue weighted by atomic mass is 35.5. The van der Waals surface area contributed by atoms with Crippen LogP contribution in [0.15, 0.2) is 35.5 Å². The number of rotatable bonds is 2. The van der Waals surface area contributed by atoms with E-state index in [1.54, 1.807) is 0 Å². The topological polar surface area (TPSA) is 81.2 Å². The third kappa shape index (κ3) is 3.04. The minimum Gasteiger partial charge on any atom is -0.350 e. The Balaban J connectivity index is 1.55. The van der Waals surface area contributed by atoms with E-state index in [0.29, 0.717) is 12.2 Å². The van der Waals surface area contributed by atoms with E-state index in [-0.39, 0.29) is 10.6 Å². The van der Waals surface area contributed by atoms with Gasteiger partial charge in [-0.25, -0.2) is 4.98 Å². The van der Waals surface area contributed by atoms with Gasteiger partial charge in [-0.2, -0.15) is 9.61 Å². The zero-order valence-corrected chi connectivity index (χ0v) is 17.7.